The standard InChI is InChI=1S/C20H25NO3/c1-22-15-8-7-14(12-21)17(10-15)16-6-4-5-13-9-19(23-2)20(24-3)11-18(13)16/h7-11,16H,4-6,12,21H2,1-3H3. The molecule has 1 atom stereocenters. The molecule has 0 amide bonds. The first-order valence-electron chi connectivity index (χ1n) is 8.33. The Morgan fingerprint density at radius 3 is 2.38 bits per heavy atom. The van der Waals surface area contributed by atoms with Gasteiger partial charge in [0, 0.05) is 12.5 Å². The van der Waals surface area contributed by atoms with Crippen molar-refractivity contribution < 1.29 is 14.2 Å². The summed E-state index contributed by atoms with van der Waals surface area (Å²) in [6, 6.07) is 10.4. The molecular weight excluding hydrogens is 302 g/mol. The van der Waals surface area contributed by atoms with Crippen molar-refractivity contribution in [3.63, 3.8) is 0 Å². The number of hydrogen-bond donors (Lipinski definition) is 1. The van der Waals surface area contributed by atoms with Gasteiger partial charge in [0.2, 0.25) is 0 Å². The van der Waals surface area contributed by atoms with Gasteiger partial charge in [-0.3, -0.25) is 0 Å². The van der Waals surface area contributed by atoms with Crippen molar-refractivity contribution in [2.45, 2.75) is 31.7 Å². The van der Waals surface area contributed by atoms with Crippen molar-refractivity contribution in [3.8, 4) is 17.2 Å². The van der Waals surface area contributed by atoms with E-state index in [4.69, 9.17) is 19.9 Å². The molecule has 3 rings (SSSR count). The highest BCUT2D eigenvalue weighted by atomic mass is 16.5. The Balaban J connectivity index is 2.13. The molecule has 1 aliphatic rings. The molecule has 1 aliphatic carbocycles. The van der Waals surface area contributed by atoms with Crippen LogP contribution in [0.4, 0.5) is 0 Å². The van der Waals surface area contributed by atoms with Crippen molar-refractivity contribution in [2.24, 2.45) is 5.73 Å². The summed E-state index contributed by atoms with van der Waals surface area (Å²) in [5, 5.41) is 0. The van der Waals surface area contributed by atoms with Crippen LogP contribution in [0.1, 0.15) is 41.0 Å². The molecule has 4 nitrogen and oxygen atoms in total. The molecule has 0 radical (unpaired) electrons. The van der Waals surface area contributed by atoms with E-state index in [1.165, 1.54) is 22.3 Å². The van der Waals surface area contributed by atoms with Gasteiger partial charge in [-0.05, 0) is 65.8 Å². The first-order valence-corrected chi connectivity index (χ1v) is 8.33. The van der Waals surface area contributed by atoms with Gasteiger partial charge in [-0.15, -0.1) is 0 Å². The zero-order valence-electron chi connectivity index (χ0n) is 14.6. The van der Waals surface area contributed by atoms with Gasteiger partial charge in [-0.2, -0.15) is 0 Å². The molecule has 0 fully saturated rings. The van der Waals surface area contributed by atoms with Crippen LogP contribution in [-0.4, -0.2) is 21.3 Å². The van der Waals surface area contributed by atoms with Gasteiger partial charge < -0.3 is 19.9 Å². The maximum Gasteiger partial charge on any atom is 0.161 e. The van der Waals surface area contributed by atoms with Crippen LogP contribution in [0, 0.1) is 0 Å². The number of nitrogens with two attached hydrogens (primary N) is 1. The molecule has 0 heterocycles. The van der Waals surface area contributed by atoms with Crippen LogP contribution in [0.15, 0.2) is 30.3 Å². The Kier molecular flexibility index (Phi) is 4.95. The average molecular weight is 327 g/mol. The molecule has 0 spiro atoms. The van der Waals surface area contributed by atoms with Gasteiger partial charge >= 0.3 is 0 Å². The molecule has 0 saturated heterocycles. The number of ether oxygens (including phenoxy) is 3. The van der Waals surface area contributed by atoms with E-state index in [1.807, 2.05) is 6.07 Å². The monoisotopic (exact) mass is 327 g/mol. The van der Waals surface area contributed by atoms with E-state index in [9.17, 15) is 0 Å². The Morgan fingerprint density at radius 2 is 1.71 bits per heavy atom. The second-order valence-electron chi connectivity index (χ2n) is 6.12. The fourth-order valence-corrected chi connectivity index (χ4v) is 3.66. The quantitative estimate of drug-likeness (QED) is 0.911. The zero-order valence-corrected chi connectivity index (χ0v) is 14.6. The molecule has 2 N–H and O–H groups in total. The number of fused-ring (bicyclic) bond motifs is 1. The van der Waals surface area contributed by atoms with Gasteiger partial charge in [0.25, 0.3) is 0 Å². The van der Waals surface area contributed by atoms with E-state index >= 15 is 0 Å². The molecule has 1 unspecified atom stereocenters. The summed E-state index contributed by atoms with van der Waals surface area (Å²) in [5.74, 6) is 2.75. The van der Waals surface area contributed by atoms with Crippen molar-refractivity contribution in [3.05, 3.63) is 52.6 Å². The molecule has 2 aromatic carbocycles. The number of rotatable bonds is 5. The third-order valence-corrected chi connectivity index (χ3v) is 4.91. The maximum atomic E-state index is 5.99. The summed E-state index contributed by atoms with van der Waals surface area (Å²) in [4.78, 5) is 0. The van der Waals surface area contributed by atoms with Gasteiger partial charge in [0.1, 0.15) is 5.75 Å². The lowest BCUT2D eigenvalue weighted by molar-refractivity contribution is 0.353. The van der Waals surface area contributed by atoms with E-state index in [1.54, 1.807) is 21.3 Å². The lowest BCUT2D eigenvalue weighted by Gasteiger charge is -2.29. The molecule has 128 valence electrons. The highest BCUT2D eigenvalue weighted by Gasteiger charge is 2.26. The third-order valence-electron chi connectivity index (χ3n) is 4.91. The summed E-state index contributed by atoms with van der Waals surface area (Å²) in [7, 11) is 5.06. The van der Waals surface area contributed by atoms with Gasteiger partial charge in [-0.25, -0.2) is 0 Å². The van der Waals surface area contributed by atoms with Crippen molar-refractivity contribution in [1.82, 2.24) is 0 Å². The van der Waals surface area contributed by atoms with Gasteiger partial charge in [0.05, 0.1) is 21.3 Å². The molecule has 24 heavy (non-hydrogen) atoms. The second kappa shape index (κ2) is 7.14. The second-order valence-corrected chi connectivity index (χ2v) is 6.12. The predicted octanol–water partition coefficient (Wildman–Crippen LogP) is 3.64. The number of methoxy groups -OCH3 is 3. The van der Waals surface area contributed by atoms with Crippen molar-refractivity contribution in [2.75, 3.05) is 21.3 Å². The molecule has 0 bridgehead atoms. The number of hydrogen-bond acceptors (Lipinski definition) is 4. The lowest BCUT2D eigenvalue weighted by Crippen LogP contribution is -2.15. The third kappa shape index (κ3) is 2.94. The van der Waals surface area contributed by atoms with Crippen molar-refractivity contribution in [1.29, 1.82) is 0 Å². The van der Waals surface area contributed by atoms with E-state index in [0.717, 1.165) is 36.5 Å². The fourth-order valence-electron chi connectivity index (χ4n) is 3.66. The number of benzene rings is 2. The molecule has 0 saturated carbocycles. The van der Waals surface area contributed by atoms with Crippen LogP contribution in [0.2, 0.25) is 0 Å². The summed E-state index contributed by atoms with van der Waals surface area (Å²) in [6.07, 6.45) is 3.31. The molecule has 2 aromatic rings. The summed E-state index contributed by atoms with van der Waals surface area (Å²) >= 11 is 0. The topological polar surface area (TPSA) is 53.7 Å². The molecular formula is C20H25NO3. The Morgan fingerprint density at radius 1 is 0.958 bits per heavy atom. The predicted molar refractivity (Wildman–Crippen MR) is 95.2 cm³/mol. The average Bonchev–Trinajstić information content (AvgIpc) is 2.65. The highest BCUT2D eigenvalue weighted by Crippen LogP contribution is 2.43. The van der Waals surface area contributed by atoms with Crippen LogP contribution in [0.5, 0.6) is 17.2 Å². The van der Waals surface area contributed by atoms with Crippen LogP contribution in [-0.2, 0) is 13.0 Å². The van der Waals surface area contributed by atoms with E-state index < -0.39 is 0 Å². The first-order chi connectivity index (χ1) is 11.7. The maximum absolute atomic E-state index is 5.99. The van der Waals surface area contributed by atoms with Gasteiger partial charge in [0.15, 0.2) is 11.5 Å². The smallest absolute Gasteiger partial charge is 0.161 e. The van der Waals surface area contributed by atoms with Crippen LogP contribution in [0.25, 0.3) is 0 Å². The summed E-state index contributed by atoms with van der Waals surface area (Å²) in [5.41, 5.74) is 11.0. The molecule has 0 aliphatic heterocycles. The Bertz CT molecular complexity index is 727. The Hall–Kier alpha value is -2.20. The van der Waals surface area contributed by atoms with Crippen LogP contribution in [0.3, 0.4) is 0 Å². The normalized spacial score (nSPS) is 16.4. The SMILES string of the molecule is COc1ccc(CN)c(C2CCCc3cc(OC)c(OC)cc32)c1. The largest absolute Gasteiger partial charge is 0.497 e. The Labute approximate surface area is 143 Å². The fraction of sp³-hybridized carbons (Fsp3) is 0.400. The van der Waals surface area contributed by atoms with Crippen molar-refractivity contribution >= 4 is 0 Å². The summed E-state index contributed by atoms with van der Waals surface area (Å²) < 4.78 is 16.4. The molecule has 0 aromatic heterocycles. The molecule has 4 heteroatoms. The van der Waals surface area contributed by atoms with E-state index in [2.05, 4.69) is 24.3 Å². The summed E-state index contributed by atoms with van der Waals surface area (Å²) in [6.45, 7) is 0.526. The van der Waals surface area contributed by atoms with Crippen LogP contribution < -0.4 is 19.9 Å². The lowest BCUT2D eigenvalue weighted by atomic mass is 9.77. The van der Waals surface area contributed by atoms with E-state index in [0.29, 0.717) is 12.5 Å². The van der Waals surface area contributed by atoms with Crippen LogP contribution >= 0.6 is 0 Å². The minimum Gasteiger partial charge on any atom is -0.497 e. The first kappa shape index (κ1) is 16.7. The highest BCUT2D eigenvalue weighted by molar-refractivity contribution is 5.53. The van der Waals surface area contributed by atoms with Gasteiger partial charge in [-0.1, -0.05) is 6.07 Å². The minimum absolute atomic E-state index is 0.308. The van der Waals surface area contributed by atoms with E-state index in [-0.39, 0.29) is 0 Å². The zero-order chi connectivity index (χ0) is 17.1. The number of aryl methyl sites for hydroxylation is 1. The minimum atomic E-state index is 0.308.